The van der Waals surface area contributed by atoms with Gasteiger partial charge in [-0.05, 0) is 24.3 Å². The van der Waals surface area contributed by atoms with Crippen LogP contribution < -0.4 is 15.0 Å². The zero-order valence-electron chi connectivity index (χ0n) is 16.4. The number of anilines is 1. The maximum absolute atomic E-state index is 13.4. The van der Waals surface area contributed by atoms with Crippen LogP contribution in [0.1, 0.15) is 11.1 Å². The van der Waals surface area contributed by atoms with Crippen molar-refractivity contribution in [1.29, 1.82) is 5.26 Å². The van der Waals surface area contributed by atoms with Crippen molar-refractivity contribution in [2.45, 2.75) is 11.3 Å². The second kappa shape index (κ2) is 7.45. The average molecular weight is 428 g/mol. The van der Waals surface area contributed by atoms with Crippen LogP contribution in [0.5, 0.6) is 5.75 Å². The monoisotopic (exact) mass is 428 g/mol. The van der Waals surface area contributed by atoms with Crippen molar-refractivity contribution in [3.05, 3.63) is 72.1 Å². The summed E-state index contributed by atoms with van der Waals surface area (Å²) in [6, 6.07) is 14.0. The molecule has 8 heteroatoms. The van der Waals surface area contributed by atoms with Gasteiger partial charge in [-0.2, -0.15) is 5.26 Å². The number of nitriles is 1. The molecule has 7 nitrogen and oxygen atoms in total. The molecule has 2 aromatic carbocycles. The van der Waals surface area contributed by atoms with E-state index in [1.807, 2.05) is 30.3 Å². The van der Waals surface area contributed by atoms with Gasteiger partial charge in [-0.15, -0.1) is 11.8 Å². The van der Waals surface area contributed by atoms with Crippen LogP contribution in [0.2, 0.25) is 0 Å². The Morgan fingerprint density at radius 3 is 2.84 bits per heavy atom. The Labute approximate surface area is 182 Å². The molecule has 1 fully saturated rings. The molecule has 2 unspecified atom stereocenters. The number of benzene rings is 2. The molecule has 0 saturated carbocycles. The number of methoxy groups -OCH3 is 1. The van der Waals surface area contributed by atoms with Crippen LogP contribution in [-0.4, -0.2) is 35.3 Å². The fourth-order valence-electron chi connectivity index (χ4n) is 3.87. The Bertz CT molecular complexity index is 1310. The number of nitrogens with zero attached hydrogens (tertiary/aromatic N) is 3. The van der Waals surface area contributed by atoms with Gasteiger partial charge < -0.3 is 10.1 Å². The maximum Gasteiger partial charge on any atom is 0.329 e. The summed E-state index contributed by atoms with van der Waals surface area (Å²) in [7, 11) is 1.54. The molecular formula is C23H16N4O3S. The zero-order chi connectivity index (χ0) is 21.5. The highest BCUT2D eigenvalue weighted by Crippen LogP contribution is 2.44. The number of hydrogen-bond acceptors (Lipinski definition) is 6. The van der Waals surface area contributed by atoms with Crippen LogP contribution in [0.15, 0.2) is 60.9 Å². The van der Waals surface area contributed by atoms with Crippen molar-refractivity contribution in [3.8, 4) is 11.8 Å². The number of urea groups is 1. The molecule has 2 aliphatic heterocycles. The van der Waals surface area contributed by atoms with Crippen molar-refractivity contribution in [3.63, 3.8) is 0 Å². The summed E-state index contributed by atoms with van der Waals surface area (Å²) in [6.07, 6.45) is 5.07. The number of fused-ring (bicyclic) bond motifs is 2. The van der Waals surface area contributed by atoms with Crippen LogP contribution >= 0.6 is 11.8 Å². The van der Waals surface area contributed by atoms with Gasteiger partial charge in [-0.1, -0.05) is 24.3 Å². The topological polar surface area (TPSA) is 95.3 Å². The highest BCUT2D eigenvalue weighted by molar-refractivity contribution is 8.09. The summed E-state index contributed by atoms with van der Waals surface area (Å²) < 4.78 is 5.20. The van der Waals surface area contributed by atoms with E-state index in [1.54, 1.807) is 31.5 Å². The number of thioether (sulfide) groups is 1. The lowest BCUT2D eigenvalue weighted by Gasteiger charge is -2.33. The highest BCUT2D eigenvalue weighted by Gasteiger charge is 2.45. The predicted molar refractivity (Wildman–Crippen MR) is 119 cm³/mol. The zero-order valence-corrected chi connectivity index (χ0v) is 17.2. The number of nitrogens with one attached hydrogen (secondary N) is 1. The van der Waals surface area contributed by atoms with Crippen LogP contribution in [0.25, 0.3) is 15.7 Å². The van der Waals surface area contributed by atoms with Crippen LogP contribution in [0, 0.1) is 11.3 Å². The summed E-state index contributed by atoms with van der Waals surface area (Å²) in [4.78, 5) is 32.4. The first-order chi connectivity index (χ1) is 15.1. The highest BCUT2D eigenvalue weighted by atomic mass is 32.2. The van der Waals surface area contributed by atoms with E-state index < -0.39 is 17.3 Å². The molecule has 0 spiro atoms. The number of ether oxygens (including phenoxy) is 1. The summed E-state index contributed by atoms with van der Waals surface area (Å²) in [5.41, 5.74) is 1.61. The fourth-order valence-corrected chi connectivity index (χ4v) is 5.18. The van der Waals surface area contributed by atoms with Gasteiger partial charge in [0.15, 0.2) is 0 Å². The molecule has 152 valence electrons. The first-order valence-corrected chi connectivity index (χ1v) is 10.4. The predicted octanol–water partition coefficient (Wildman–Crippen LogP) is 3.70. The van der Waals surface area contributed by atoms with Gasteiger partial charge >= 0.3 is 6.03 Å². The molecule has 3 heterocycles. The Balaban J connectivity index is 1.50. The maximum atomic E-state index is 13.4. The summed E-state index contributed by atoms with van der Waals surface area (Å²) >= 11 is 1.35. The molecule has 0 radical (unpaired) electrons. The minimum Gasteiger partial charge on any atom is -0.497 e. The molecule has 3 amide bonds. The molecule has 2 atom stereocenters. The molecule has 1 N–H and O–H groups in total. The largest absolute Gasteiger partial charge is 0.497 e. The number of amides is 3. The average Bonchev–Trinajstić information content (AvgIpc) is 3.22. The van der Waals surface area contributed by atoms with Crippen molar-refractivity contribution in [2.75, 3.05) is 12.0 Å². The number of aromatic nitrogens is 1. The van der Waals surface area contributed by atoms with Gasteiger partial charge in [0.1, 0.15) is 11.0 Å². The molecule has 0 bridgehead atoms. The molecule has 0 aliphatic carbocycles. The molecule has 1 aromatic heterocycles. The molecule has 5 rings (SSSR count). The molecule has 2 aliphatic rings. The minimum atomic E-state index is -0.527. The number of pyridine rings is 1. The second-order valence-electron chi connectivity index (χ2n) is 7.12. The van der Waals surface area contributed by atoms with Gasteiger partial charge in [0.25, 0.3) is 5.91 Å². The van der Waals surface area contributed by atoms with Gasteiger partial charge in [0.05, 0.1) is 36.7 Å². The SMILES string of the molecule is COc1ccc(C2=CC3NC(=O)N(c4cncc5ccccc45)C(=O)C3S2)c(C#N)c1. The van der Waals surface area contributed by atoms with Crippen molar-refractivity contribution in [1.82, 2.24) is 10.3 Å². The lowest BCUT2D eigenvalue weighted by atomic mass is 10.0. The van der Waals surface area contributed by atoms with E-state index in [0.717, 1.165) is 15.7 Å². The minimum absolute atomic E-state index is 0.310. The number of carbonyl (C=O) groups excluding carboxylic acids is 2. The lowest BCUT2D eigenvalue weighted by Crippen LogP contribution is -2.60. The second-order valence-corrected chi connectivity index (χ2v) is 8.30. The van der Waals surface area contributed by atoms with Crippen molar-refractivity contribution >= 4 is 45.1 Å². The third-order valence-electron chi connectivity index (χ3n) is 5.37. The van der Waals surface area contributed by atoms with E-state index in [4.69, 9.17) is 4.74 Å². The normalized spacial score (nSPS) is 20.1. The fraction of sp³-hybridized carbons (Fsp3) is 0.130. The Morgan fingerprint density at radius 1 is 1.19 bits per heavy atom. The van der Waals surface area contributed by atoms with Crippen molar-refractivity contribution < 1.29 is 14.3 Å². The van der Waals surface area contributed by atoms with Gasteiger partial charge in [-0.25, -0.2) is 9.69 Å². The van der Waals surface area contributed by atoms with E-state index >= 15 is 0 Å². The molecule has 3 aromatic rings. The standard InChI is InChI=1S/C23H16N4O3S/c1-30-15-6-7-17(14(8-15)10-24)20-9-18-21(31-20)22(28)27(23(29)26-18)19-12-25-11-13-4-2-3-5-16(13)19/h2-9,11-12,18,21H,1H3,(H,26,29). The third-order valence-corrected chi connectivity index (χ3v) is 6.73. The Morgan fingerprint density at radius 2 is 2.03 bits per heavy atom. The molecule has 1 saturated heterocycles. The number of imide groups is 1. The van der Waals surface area contributed by atoms with Crippen LogP contribution in [0.3, 0.4) is 0 Å². The van der Waals surface area contributed by atoms with Crippen LogP contribution in [0.4, 0.5) is 10.5 Å². The number of rotatable bonds is 3. The lowest BCUT2D eigenvalue weighted by molar-refractivity contribution is -0.118. The third kappa shape index (κ3) is 3.10. The first kappa shape index (κ1) is 19.2. The van der Waals surface area contributed by atoms with Gasteiger partial charge in [0, 0.05) is 27.4 Å². The van der Waals surface area contributed by atoms with E-state index in [-0.39, 0.29) is 5.91 Å². The molecular weight excluding hydrogens is 412 g/mol. The first-order valence-electron chi connectivity index (χ1n) is 9.55. The van der Waals surface area contributed by atoms with E-state index in [9.17, 15) is 14.9 Å². The number of hydrogen-bond donors (Lipinski definition) is 1. The summed E-state index contributed by atoms with van der Waals surface area (Å²) in [6.45, 7) is 0. The Kier molecular flexibility index (Phi) is 4.60. The Hall–Kier alpha value is -3.83. The van der Waals surface area contributed by atoms with Gasteiger partial charge in [-0.3, -0.25) is 9.78 Å². The van der Waals surface area contributed by atoms with Gasteiger partial charge in [0.2, 0.25) is 0 Å². The van der Waals surface area contributed by atoms with Crippen molar-refractivity contribution in [2.24, 2.45) is 0 Å². The van der Waals surface area contributed by atoms with E-state index in [2.05, 4.69) is 16.4 Å². The molecule has 31 heavy (non-hydrogen) atoms. The van der Waals surface area contributed by atoms with E-state index in [1.165, 1.54) is 22.9 Å². The summed E-state index contributed by atoms with van der Waals surface area (Å²) in [5, 5.41) is 13.6. The number of carbonyl (C=O) groups is 2. The van der Waals surface area contributed by atoms with Crippen LogP contribution in [-0.2, 0) is 4.79 Å². The quantitative estimate of drug-likeness (QED) is 0.684. The summed E-state index contributed by atoms with van der Waals surface area (Å²) in [5.74, 6) is 0.274. The van der Waals surface area contributed by atoms with E-state index in [0.29, 0.717) is 22.6 Å². The smallest absolute Gasteiger partial charge is 0.329 e.